The molecule has 0 bridgehead atoms. The van der Waals surface area contributed by atoms with E-state index in [1.54, 1.807) is 18.2 Å². The first kappa shape index (κ1) is 43.0. The van der Waals surface area contributed by atoms with Crippen LogP contribution in [0, 0.1) is 10.8 Å². The highest BCUT2D eigenvalue weighted by Gasteiger charge is 2.43. The third-order valence-corrected chi connectivity index (χ3v) is 8.90. The summed E-state index contributed by atoms with van der Waals surface area (Å²) < 4.78 is 0. The van der Waals surface area contributed by atoms with Gasteiger partial charge in [-0.05, 0) is 75.3 Å². The largest absolute Gasteiger partial charge is 0.508 e. The molecule has 2 aromatic rings. The number of phenolic OH excluding ortho intramolecular Hbond substituents is 2. The zero-order valence-corrected chi connectivity index (χ0v) is 32.5. The van der Waals surface area contributed by atoms with Gasteiger partial charge in [0, 0.05) is 0 Å². The van der Waals surface area contributed by atoms with Crippen LogP contribution in [0.25, 0.3) is 0 Å². The summed E-state index contributed by atoms with van der Waals surface area (Å²) >= 11 is 0. The van der Waals surface area contributed by atoms with E-state index < -0.39 is 23.3 Å². The van der Waals surface area contributed by atoms with Crippen molar-refractivity contribution >= 4 is 11.9 Å². The molecule has 2 unspecified atom stereocenters. The van der Waals surface area contributed by atoms with Crippen LogP contribution in [0.2, 0.25) is 0 Å². The van der Waals surface area contributed by atoms with E-state index in [1.807, 2.05) is 80.5 Å². The van der Waals surface area contributed by atoms with E-state index in [0.29, 0.717) is 19.3 Å². The maximum atomic E-state index is 12.6. The van der Waals surface area contributed by atoms with Crippen LogP contribution in [0.1, 0.15) is 176 Å². The van der Waals surface area contributed by atoms with Crippen molar-refractivity contribution in [3.8, 4) is 11.5 Å². The maximum Gasteiger partial charge on any atom is 0.314 e. The number of rotatable bonds is 13. The highest BCUT2D eigenvalue weighted by atomic mass is 16.4. The summed E-state index contributed by atoms with van der Waals surface area (Å²) in [6.45, 7) is 26.8. The summed E-state index contributed by atoms with van der Waals surface area (Å²) in [6, 6.07) is 10.6. The van der Waals surface area contributed by atoms with Crippen LogP contribution in [0.15, 0.2) is 36.4 Å². The number of aromatic hydroxyl groups is 2. The summed E-state index contributed by atoms with van der Waals surface area (Å²) in [4.78, 5) is 24.2. The molecule has 2 rings (SSSR count). The first-order chi connectivity index (χ1) is 21.7. The maximum absolute atomic E-state index is 12.6. The van der Waals surface area contributed by atoms with E-state index in [1.165, 1.54) is 25.7 Å². The molecule has 0 aromatic heterocycles. The SMILES string of the molecule is CC(C)(C)CC(C(=O)O)c1ccc(O)c(C(C)(C)C)c1.CCCCCCCCC(CC(C)(C)C)(C(=O)O)c1ccc(O)c(C(C)(C)C)c1. The van der Waals surface area contributed by atoms with Gasteiger partial charge in [-0.3, -0.25) is 9.59 Å². The Kier molecular flexibility index (Phi) is 15.3. The van der Waals surface area contributed by atoms with Gasteiger partial charge < -0.3 is 20.4 Å². The Morgan fingerprint density at radius 2 is 1.12 bits per heavy atom. The van der Waals surface area contributed by atoms with Crippen molar-refractivity contribution in [1.82, 2.24) is 0 Å². The zero-order valence-electron chi connectivity index (χ0n) is 32.5. The number of hydrogen-bond acceptors (Lipinski definition) is 4. The third kappa shape index (κ3) is 13.5. The molecular formula is C42H68O6. The molecule has 0 aliphatic heterocycles. The predicted octanol–water partition coefficient (Wildman–Crippen LogP) is 11.5. The van der Waals surface area contributed by atoms with Gasteiger partial charge in [0.05, 0.1) is 11.3 Å². The molecule has 0 heterocycles. The number of carboxylic acids is 2. The lowest BCUT2D eigenvalue weighted by molar-refractivity contribution is -0.145. The molecule has 0 saturated heterocycles. The molecule has 4 N–H and O–H groups in total. The first-order valence-electron chi connectivity index (χ1n) is 17.9. The van der Waals surface area contributed by atoms with Gasteiger partial charge >= 0.3 is 11.9 Å². The monoisotopic (exact) mass is 669 g/mol. The Labute approximate surface area is 292 Å². The topological polar surface area (TPSA) is 115 Å². The van der Waals surface area contributed by atoms with Crippen molar-refractivity contribution < 1.29 is 30.0 Å². The molecule has 2 aromatic carbocycles. The molecule has 0 aliphatic carbocycles. The Hall–Kier alpha value is -3.02. The molecule has 2 atom stereocenters. The molecule has 6 heteroatoms. The molecule has 0 saturated carbocycles. The molecular weight excluding hydrogens is 600 g/mol. The quantitative estimate of drug-likeness (QED) is 0.158. The highest BCUT2D eigenvalue weighted by Crippen LogP contribution is 2.44. The first-order valence-corrected chi connectivity index (χ1v) is 17.9. The second-order valence-corrected chi connectivity index (χ2v) is 18.3. The average Bonchev–Trinajstić information content (AvgIpc) is 2.91. The summed E-state index contributed by atoms with van der Waals surface area (Å²) in [5.41, 5.74) is 1.63. The summed E-state index contributed by atoms with van der Waals surface area (Å²) in [5, 5.41) is 40.2. The number of phenols is 2. The lowest BCUT2D eigenvalue weighted by Crippen LogP contribution is -2.40. The Bertz CT molecular complexity index is 1330. The van der Waals surface area contributed by atoms with Crippen LogP contribution in [-0.4, -0.2) is 32.4 Å². The van der Waals surface area contributed by atoms with Crippen LogP contribution < -0.4 is 0 Å². The van der Waals surface area contributed by atoms with Gasteiger partial charge in [-0.25, -0.2) is 0 Å². The molecule has 0 spiro atoms. The number of carboxylic acid groups (broad SMARTS) is 2. The predicted molar refractivity (Wildman–Crippen MR) is 199 cm³/mol. The fourth-order valence-corrected chi connectivity index (χ4v) is 6.52. The smallest absolute Gasteiger partial charge is 0.314 e. The molecule has 48 heavy (non-hydrogen) atoms. The Morgan fingerprint density at radius 3 is 1.56 bits per heavy atom. The number of benzene rings is 2. The normalized spacial score (nSPS) is 14.4. The van der Waals surface area contributed by atoms with Crippen molar-refractivity contribution in [3.63, 3.8) is 0 Å². The van der Waals surface area contributed by atoms with Crippen molar-refractivity contribution in [3.05, 3.63) is 58.7 Å². The molecule has 272 valence electrons. The van der Waals surface area contributed by atoms with Gasteiger partial charge in [0.25, 0.3) is 0 Å². The average molecular weight is 669 g/mol. The van der Waals surface area contributed by atoms with Gasteiger partial charge in [0.2, 0.25) is 0 Å². The van der Waals surface area contributed by atoms with Crippen LogP contribution in [0.3, 0.4) is 0 Å². The lowest BCUT2D eigenvalue weighted by atomic mass is 9.66. The minimum Gasteiger partial charge on any atom is -0.508 e. The summed E-state index contributed by atoms with van der Waals surface area (Å²) in [6.07, 6.45) is 8.63. The number of carbonyl (C=O) groups is 2. The molecule has 0 radical (unpaired) electrons. The van der Waals surface area contributed by atoms with E-state index in [-0.39, 0.29) is 33.2 Å². The van der Waals surface area contributed by atoms with Crippen LogP contribution in [-0.2, 0) is 25.8 Å². The van der Waals surface area contributed by atoms with E-state index in [4.69, 9.17) is 0 Å². The number of hydrogen-bond donors (Lipinski definition) is 4. The van der Waals surface area contributed by atoms with Crippen molar-refractivity contribution in [1.29, 1.82) is 0 Å². The van der Waals surface area contributed by atoms with Crippen LogP contribution >= 0.6 is 0 Å². The fourth-order valence-electron chi connectivity index (χ4n) is 6.52. The molecule has 0 aliphatic rings. The summed E-state index contributed by atoms with van der Waals surface area (Å²) in [7, 11) is 0. The minimum absolute atomic E-state index is 0.0666. The zero-order chi connectivity index (χ0) is 37.3. The fraction of sp³-hybridized carbons (Fsp3) is 0.667. The van der Waals surface area contributed by atoms with E-state index in [0.717, 1.165) is 35.1 Å². The molecule has 6 nitrogen and oxygen atoms in total. The van der Waals surface area contributed by atoms with Crippen molar-refractivity contribution in [2.75, 3.05) is 0 Å². The second kappa shape index (κ2) is 17.1. The van der Waals surface area contributed by atoms with Crippen LogP contribution in [0.4, 0.5) is 0 Å². The number of aliphatic carboxylic acids is 2. The van der Waals surface area contributed by atoms with Gasteiger partial charge in [-0.15, -0.1) is 0 Å². The van der Waals surface area contributed by atoms with Gasteiger partial charge in [-0.1, -0.05) is 153 Å². The number of unbranched alkanes of at least 4 members (excludes halogenated alkanes) is 5. The van der Waals surface area contributed by atoms with Gasteiger partial charge in [0.15, 0.2) is 0 Å². The minimum atomic E-state index is -0.920. The van der Waals surface area contributed by atoms with Crippen molar-refractivity contribution in [2.24, 2.45) is 10.8 Å². The van der Waals surface area contributed by atoms with Gasteiger partial charge in [-0.2, -0.15) is 0 Å². The van der Waals surface area contributed by atoms with Gasteiger partial charge in [0.1, 0.15) is 11.5 Å². The van der Waals surface area contributed by atoms with E-state index >= 15 is 0 Å². The van der Waals surface area contributed by atoms with Crippen molar-refractivity contribution in [2.45, 2.75) is 170 Å². The summed E-state index contributed by atoms with van der Waals surface area (Å²) in [5.74, 6) is -1.64. The van der Waals surface area contributed by atoms with Crippen LogP contribution in [0.5, 0.6) is 11.5 Å². The lowest BCUT2D eigenvalue weighted by Gasteiger charge is -2.37. The highest BCUT2D eigenvalue weighted by molar-refractivity contribution is 5.82. The second-order valence-electron chi connectivity index (χ2n) is 18.3. The Balaban J connectivity index is 0.000000507. The third-order valence-electron chi connectivity index (χ3n) is 8.90. The van der Waals surface area contributed by atoms with E-state index in [2.05, 4.69) is 27.7 Å². The molecule has 0 amide bonds. The van der Waals surface area contributed by atoms with E-state index in [9.17, 15) is 30.0 Å². The Morgan fingerprint density at radius 1 is 0.646 bits per heavy atom. The standard InChI is InChI=1S/C25H42O3.C17H26O3/c1-8-9-10-11-12-13-16-25(22(27)28,18-23(2,3)4)19-14-15-21(26)20(17-19)24(5,6)7;1-16(2,3)10-12(15(19)20)11-7-8-14(18)13(9-11)17(4,5)6/h14-15,17,26H,8-13,16,18H2,1-7H3,(H,27,28);7-9,12,18H,10H2,1-6H3,(H,19,20). The molecule has 0 fully saturated rings.